The van der Waals surface area contributed by atoms with Gasteiger partial charge >= 0.3 is 0 Å². The summed E-state index contributed by atoms with van der Waals surface area (Å²) in [7, 11) is 0. The number of halogens is 2. The molecule has 1 unspecified atom stereocenters. The average Bonchev–Trinajstić information content (AvgIpc) is 2.69. The van der Waals surface area contributed by atoms with Gasteiger partial charge in [0.2, 0.25) is 0 Å². The number of hydrogen-bond donors (Lipinski definition) is 2. The Hall–Kier alpha value is -1.72. The number of nitrogens with one attached hydrogen (secondary N) is 1. The van der Waals surface area contributed by atoms with Crippen molar-refractivity contribution in [1.82, 2.24) is 5.43 Å². The summed E-state index contributed by atoms with van der Waals surface area (Å²) in [6, 6.07) is 6.15. The zero-order valence-electron chi connectivity index (χ0n) is 9.21. The van der Waals surface area contributed by atoms with Crippen molar-refractivity contribution in [3.63, 3.8) is 0 Å². The Morgan fingerprint density at radius 3 is 2.53 bits per heavy atom. The monoisotopic (exact) mass is 238 g/mol. The third-order valence-electron chi connectivity index (χ3n) is 2.49. The zero-order valence-corrected chi connectivity index (χ0v) is 9.21. The predicted octanol–water partition coefficient (Wildman–Crippen LogP) is 2.42. The van der Waals surface area contributed by atoms with Crippen LogP contribution in [0.25, 0.3) is 0 Å². The first-order valence-corrected chi connectivity index (χ1v) is 5.09. The van der Waals surface area contributed by atoms with Gasteiger partial charge in [-0.05, 0) is 25.1 Å². The van der Waals surface area contributed by atoms with Crippen molar-refractivity contribution in [2.45, 2.75) is 13.0 Å². The standard InChI is InChI=1S/C12H12F2N2O/c1-7-2-5-11(17-7)12(16-15)9-4-3-8(13)6-10(9)14/h2-6,12,16H,15H2,1H3. The van der Waals surface area contributed by atoms with Crippen LogP contribution >= 0.6 is 0 Å². The molecule has 1 atom stereocenters. The van der Waals surface area contributed by atoms with Gasteiger partial charge in [0.15, 0.2) is 0 Å². The van der Waals surface area contributed by atoms with Crippen LogP contribution in [0, 0.1) is 18.6 Å². The first-order valence-electron chi connectivity index (χ1n) is 5.09. The smallest absolute Gasteiger partial charge is 0.131 e. The summed E-state index contributed by atoms with van der Waals surface area (Å²) in [5, 5.41) is 0. The van der Waals surface area contributed by atoms with Crippen LogP contribution in [-0.4, -0.2) is 0 Å². The maximum absolute atomic E-state index is 13.6. The fourth-order valence-corrected chi connectivity index (χ4v) is 1.67. The summed E-state index contributed by atoms with van der Waals surface area (Å²) < 4.78 is 31.8. The molecule has 0 fully saturated rings. The van der Waals surface area contributed by atoms with Crippen LogP contribution in [0.4, 0.5) is 8.78 Å². The summed E-state index contributed by atoms with van der Waals surface area (Å²) in [6.07, 6.45) is 0. The van der Waals surface area contributed by atoms with Crippen molar-refractivity contribution in [2.75, 3.05) is 0 Å². The normalized spacial score (nSPS) is 12.7. The molecule has 5 heteroatoms. The fraction of sp³-hybridized carbons (Fsp3) is 0.167. The molecule has 0 radical (unpaired) electrons. The van der Waals surface area contributed by atoms with E-state index in [9.17, 15) is 8.78 Å². The van der Waals surface area contributed by atoms with Crippen molar-refractivity contribution in [1.29, 1.82) is 0 Å². The van der Waals surface area contributed by atoms with Crippen molar-refractivity contribution < 1.29 is 13.2 Å². The Morgan fingerprint density at radius 1 is 1.24 bits per heavy atom. The maximum atomic E-state index is 13.6. The van der Waals surface area contributed by atoms with Crippen LogP contribution in [0.1, 0.15) is 23.1 Å². The minimum absolute atomic E-state index is 0.239. The molecule has 17 heavy (non-hydrogen) atoms. The topological polar surface area (TPSA) is 51.2 Å². The molecule has 0 spiro atoms. The van der Waals surface area contributed by atoms with Gasteiger partial charge in [-0.3, -0.25) is 5.84 Å². The van der Waals surface area contributed by atoms with E-state index in [1.807, 2.05) is 0 Å². The van der Waals surface area contributed by atoms with Gasteiger partial charge in [0.25, 0.3) is 0 Å². The van der Waals surface area contributed by atoms with Gasteiger partial charge in [-0.1, -0.05) is 6.07 Å². The highest BCUT2D eigenvalue weighted by atomic mass is 19.1. The van der Waals surface area contributed by atoms with Gasteiger partial charge in [0.1, 0.15) is 29.2 Å². The molecule has 0 bridgehead atoms. The number of nitrogens with two attached hydrogens (primary N) is 1. The molecule has 1 heterocycles. The van der Waals surface area contributed by atoms with Crippen LogP contribution in [0.3, 0.4) is 0 Å². The van der Waals surface area contributed by atoms with E-state index in [0.717, 1.165) is 6.07 Å². The lowest BCUT2D eigenvalue weighted by Gasteiger charge is -2.14. The summed E-state index contributed by atoms with van der Waals surface area (Å²) in [4.78, 5) is 0. The number of furan rings is 1. The van der Waals surface area contributed by atoms with E-state index in [-0.39, 0.29) is 5.56 Å². The Kier molecular flexibility index (Phi) is 3.21. The van der Waals surface area contributed by atoms with Crippen molar-refractivity contribution in [2.24, 2.45) is 5.84 Å². The van der Waals surface area contributed by atoms with Gasteiger partial charge in [-0.15, -0.1) is 0 Å². The van der Waals surface area contributed by atoms with E-state index >= 15 is 0 Å². The van der Waals surface area contributed by atoms with Crippen LogP contribution < -0.4 is 11.3 Å². The number of aryl methyl sites for hydroxylation is 1. The van der Waals surface area contributed by atoms with Crippen molar-refractivity contribution in [3.8, 4) is 0 Å². The molecule has 0 amide bonds. The molecule has 90 valence electrons. The molecule has 1 aromatic heterocycles. The van der Waals surface area contributed by atoms with Gasteiger partial charge in [0, 0.05) is 11.6 Å². The third-order valence-corrected chi connectivity index (χ3v) is 2.49. The molecule has 0 aliphatic rings. The quantitative estimate of drug-likeness (QED) is 0.637. The Balaban J connectivity index is 2.42. The van der Waals surface area contributed by atoms with E-state index in [1.165, 1.54) is 12.1 Å². The molecule has 0 saturated carbocycles. The Bertz CT molecular complexity index is 525. The van der Waals surface area contributed by atoms with Crippen LogP contribution in [0.5, 0.6) is 0 Å². The van der Waals surface area contributed by atoms with E-state index in [0.29, 0.717) is 11.5 Å². The maximum Gasteiger partial charge on any atom is 0.131 e. The van der Waals surface area contributed by atoms with Crippen molar-refractivity contribution in [3.05, 3.63) is 59.1 Å². The Morgan fingerprint density at radius 2 is 2.00 bits per heavy atom. The summed E-state index contributed by atoms with van der Waals surface area (Å²) >= 11 is 0. The molecular weight excluding hydrogens is 226 g/mol. The predicted molar refractivity (Wildman–Crippen MR) is 59.0 cm³/mol. The van der Waals surface area contributed by atoms with Crippen LogP contribution in [0.15, 0.2) is 34.7 Å². The highest BCUT2D eigenvalue weighted by molar-refractivity contribution is 5.28. The number of rotatable bonds is 3. The summed E-state index contributed by atoms with van der Waals surface area (Å²) in [6.45, 7) is 1.78. The molecule has 2 rings (SSSR count). The lowest BCUT2D eigenvalue weighted by atomic mass is 10.0. The van der Waals surface area contributed by atoms with E-state index in [4.69, 9.17) is 10.3 Å². The minimum Gasteiger partial charge on any atom is -0.464 e. The minimum atomic E-state index is -0.665. The molecule has 0 saturated heterocycles. The molecular formula is C12H12F2N2O. The van der Waals surface area contributed by atoms with Gasteiger partial charge in [0.05, 0.1) is 0 Å². The molecule has 0 aliphatic heterocycles. The van der Waals surface area contributed by atoms with Gasteiger partial charge < -0.3 is 4.42 Å². The van der Waals surface area contributed by atoms with Crippen molar-refractivity contribution >= 4 is 0 Å². The first-order chi connectivity index (χ1) is 8.11. The van der Waals surface area contributed by atoms with Crippen LogP contribution in [-0.2, 0) is 0 Å². The third kappa shape index (κ3) is 2.35. The summed E-state index contributed by atoms with van der Waals surface area (Å²) in [5.41, 5.74) is 2.69. The lowest BCUT2D eigenvalue weighted by Crippen LogP contribution is -2.29. The first kappa shape index (κ1) is 11.8. The fourth-order valence-electron chi connectivity index (χ4n) is 1.67. The lowest BCUT2D eigenvalue weighted by molar-refractivity contribution is 0.425. The average molecular weight is 238 g/mol. The number of hydrazine groups is 1. The zero-order chi connectivity index (χ0) is 12.4. The van der Waals surface area contributed by atoms with E-state index in [2.05, 4.69) is 5.43 Å². The van der Waals surface area contributed by atoms with Gasteiger partial charge in [-0.2, -0.15) is 0 Å². The molecule has 3 N–H and O–H groups in total. The highest BCUT2D eigenvalue weighted by Crippen LogP contribution is 2.25. The van der Waals surface area contributed by atoms with Gasteiger partial charge in [-0.25, -0.2) is 14.2 Å². The number of hydrogen-bond acceptors (Lipinski definition) is 3. The SMILES string of the molecule is Cc1ccc(C(NN)c2ccc(F)cc2F)o1. The summed E-state index contributed by atoms with van der Waals surface area (Å²) in [5.74, 6) is 5.27. The Labute approximate surface area is 97.2 Å². The molecule has 0 aliphatic carbocycles. The number of benzene rings is 1. The second-order valence-electron chi connectivity index (χ2n) is 3.71. The second-order valence-corrected chi connectivity index (χ2v) is 3.71. The molecule has 2 aromatic rings. The largest absolute Gasteiger partial charge is 0.464 e. The molecule has 3 nitrogen and oxygen atoms in total. The second kappa shape index (κ2) is 4.65. The van der Waals surface area contributed by atoms with E-state index in [1.54, 1.807) is 19.1 Å². The molecule has 1 aromatic carbocycles. The van der Waals surface area contributed by atoms with E-state index < -0.39 is 17.7 Å². The van der Waals surface area contributed by atoms with Crippen LogP contribution in [0.2, 0.25) is 0 Å². The highest BCUT2D eigenvalue weighted by Gasteiger charge is 2.19.